The van der Waals surface area contributed by atoms with E-state index in [0.29, 0.717) is 58.9 Å². The number of halogens is 1. The molecule has 2 fully saturated rings. The number of fused-ring (bicyclic) bond motifs is 1. The van der Waals surface area contributed by atoms with Crippen LogP contribution in [0.3, 0.4) is 0 Å². The zero-order chi connectivity index (χ0) is 29.5. The number of rotatable bonds is 8. The molecule has 4 aromatic rings. The molecule has 222 valence electrons. The molecule has 1 saturated carbocycles. The zero-order valence-corrected chi connectivity index (χ0v) is 24.0. The van der Waals surface area contributed by atoms with Gasteiger partial charge in [0.2, 0.25) is 5.91 Å². The summed E-state index contributed by atoms with van der Waals surface area (Å²) in [5, 5.41) is 22.0. The maximum absolute atomic E-state index is 14.6. The summed E-state index contributed by atoms with van der Waals surface area (Å²) in [5.74, 6) is -0.515. The number of aryl methyl sites for hydroxylation is 1. The number of carbonyl (C=O) groups is 1. The van der Waals surface area contributed by atoms with E-state index in [1.807, 2.05) is 0 Å². The topological polar surface area (TPSA) is 142 Å². The molecule has 0 unspecified atom stereocenters. The van der Waals surface area contributed by atoms with E-state index in [1.54, 1.807) is 6.92 Å². The molecular formula is C28H31FN6O6S. The highest BCUT2D eigenvalue weighted by molar-refractivity contribution is 7.21. The van der Waals surface area contributed by atoms with Crippen LogP contribution in [0.1, 0.15) is 55.4 Å². The average molecular weight is 599 g/mol. The molecule has 1 aliphatic heterocycles. The largest absolute Gasteiger partial charge is 0.496 e. The first-order valence-corrected chi connectivity index (χ1v) is 14.7. The van der Waals surface area contributed by atoms with Gasteiger partial charge in [-0.15, -0.1) is 4.80 Å². The smallest absolute Gasteiger partial charge is 0.332 e. The lowest BCUT2D eigenvalue weighted by Gasteiger charge is -2.31. The predicted molar refractivity (Wildman–Crippen MR) is 152 cm³/mol. The molecule has 3 aromatic heterocycles. The second-order valence-corrected chi connectivity index (χ2v) is 11.6. The number of hydrogen-bond donors (Lipinski definition) is 2. The molecule has 0 bridgehead atoms. The normalized spacial score (nSPS) is 21.5. The number of nitrogens with one attached hydrogen (secondary N) is 1. The Morgan fingerprint density at radius 2 is 1.88 bits per heavy atom. The van der Waals surface area contributed by atoms with Crippen molar-refractivity contribution in [1.82, 2.24) is 29.4 Å². The Hall–Kier alpha value is -3.88. The molecular weight excluding hydrogens is 567 g/mol. The first-order valence-electron chi connectivity index (χ1n) is 13.9. The van der Waals surface area contributed by atoms with Crippen LogP contribution in [-0.2, 0) is 16.1 Å². The highest BCUT2D eigenvalue weighted by Crippen LogP contribution is 2.36. The van der Waals surface area contributed by atoms with Gasteiger partial charge in [-0.2, -0.15) is 10.2 Å². The second-order valence-electron chi connectivity index (χ2n) is 10.6. The average Bonchev–Trinajstić information content (AvgIpc) is 3.73. The standard InChI is InChI=1S/C28H31FN6O6S/c1-15-23-25(38)34(20-9-10-30-24(20)37)28(39)33(27(23)42-26(15)35-31-11-12-32-35)14-22(41-18-6-4-17(36)5-7-18)19-13-16(29)3-8-21(19)40-2/h3,8,11-13,17-18,20,22,36H,4-7,9-10,14H2,1-2H3,(H,30,37)/t17?,18?,20-,22+/m1/s1. The molecule has 2 atom stereocenters. The van der Waals surface area contributed by atoms with Crippen LogP contribution in [0.25, 0.3) is 15.2 Å². The van der Waals surface area contributed by atoms with Crippen molar-refractivity contribution in [3.63, 3.8) is 0 Å². The second kappa shape index (κ2) is 11.4. The zero-order valence-electron chi connectivity index (χ0n) is 23.2. The van der Waals surface area contributed by atoms with Gasteiger partial charge in [0.05, 0.1) is 43.6 Å². The summed E-state index contributed by atoms with van der Waals surface area (Å²) in [6.07, 6.45) is 4.12. The third-order valence-corrected chi connectivity index (χ3v) is 9.32. The number of ether oxygens (including phenoxy) is 2. The lowest BCUT2D eigenvalue weighted by atomic mass is 9.94. The Labute approximate surface area is 243 Å². The lowest BCUT2D eigenvalue weighted by Crippen LogP contribution is -2.44. The summed E-state index contributed by atoms with van der Waals surface area (Å²) < 4.78 is 29.2. The van der Waals surface area contributed by atoms with E-state index < -0.39 is 41.2 Å². The Kier molecular flexibility index (Phi) is 7.68. The summed E-state index contributed by atoms with van der Waals surface area (Å²) >= 11 is 1.18. The number of aromatic nitrogens is 5. The number of nitrogens with zero attached hydrogens (tertiary/aromatic N) is 5. The fraction of sp³-hybridized carbons (Fsp3) is 0.464. The third-order valence-electron chi connectivity index (χ3n) is 8.04. The summed E-state index contributed by atoms with van der Waals surface area (Å²) in [5.41, 5.74) is -0.261. The molecule has 14 heteroatoms. The van der Waals surface area contributed by atoms with Crippen molar-refractivity contribution in [2.75, 3.05) is 13.7 Å². The quantitative estimate of drug-likeness (QED) is 0.315. The number of methoxy groups -OCH3 is 1. The molecule has 2 aliphatic rings. The van der Waals surface area contributed by atoms with E-state index in [4.69, 9.17) is 9.47 Å². The van der Waals surface area contributed by atoms with Crippen molar-refractivity contribution in [3.05, 3.63) is 68.4 Å². The molecule has 2 N–H and O–H groups in total. The van der Waals surface area contributed by atoms with Gasteiger partial charge in [-0.05, 0) is 57.2 Å². The lowest BCUT2D eigenvalue weighted by molar-refractivity contribution is -0.122. The SMILES string of the molecule is COc1ccc(F)cc1[C@H](Cn1c(=O)n([C@@H]2CCNC2=O)c(=O)c2c(C)c(-n3nccn3)sc21)OC1CCC(O)CC1. The maximum Gasteiger partial charge on any atom is 0.332 e. The molecule has 42 heavy (non-hydrogen) atoms. The number of benzene rings is 1. The van der Waals surface area contributed by atoms with Gasteiger partial charge in [-0.1, -0.05) is 11.3 Å². The summed E-state index contributed by atoms with van der Waals surface area (Å²) in [6.45, 7) is 2.01. The molecule has 1 saturated heterocycles. The van der Waals surface area contributed by atoms with Crippen molar-refractivity contribution < 1.29 is 23.8 Å². The summed E-state index contributed by atoms with van der Waals surface area (Å²) in [7, 11) is 1.47. The monoisotopic (exact) mass is 598 g/mol. The first kappa shape index (κ1) is 28.2. The minimum absolute atomic E-state index is 0.0885. The van der Waals surface area contributed by atoms with Crippen LogP contribution in [0.5, 0.6) is 5.75 Å². The number of hydrogen-bond acceptors (Lipinski definition) is 9. The molecule has 4 heterocycles. The molecule has 0 spiro atoms. The van der Waals surface area contributed by atoms with Crippen LogP contribution in [0.15, 0.2) is 40.2 Å². The van der Waals surface area contributed by atoms with Gasteiger partial charge in [0.15, 0.2) is 0 Å². The van der Waals surface area contributed by atoms with E-state index >= 15 is 0 Å². The number of thiophene rings is 1. The maximum atomic E-state index is 14.6. The highest BCUT2D eigenvalue weighted by atomic mass is 32.1. The van der Waals surface area contributed by atoms with Gasteiger partial charge >= 0.3 is 5.69 Å². The first-order chi connectivity index (χ1) is 20.3. The van der Waals surface area contributed by atoms with Crippen molar-refractivity contribution in [3.8, 4) is 10.8 Å². The Morgan fingerprint density at radius 3 is 2.55 bits per heavy atom. The Bertz CT molecular complexity index is 1740. The molecule has 1 aromatic carbocycles. The number of aliphatic hydroxyl groups excluding tert-OH is 1. The van der Waals surface area contributed by atoms with Crippen molar-refractivity contribution in [2.45, 2.75) is 69.9 Å². The number of carbonyl (C=O) groups excluding carboxylic acids is 1. The van der Waals surface area contributed by atoms with Gasteiger partial charge in [0.25, 0.3) is 5.56 Å². The van der Waals surface area contributed by atoms with E-state index in [2.05, 4.69) is 15.5 Å². The molecule has 0 radical (unpaired) electrons. The van der Waals surface area contributed by atoms with E-state index in [0.717, 1.165) is 4.57 Å². The van der Waals surface area contributed by atoms with Crippen LogP contribution in [0.2, 0.25) is 0 Å². The van der Waals surface area contributed by atoms with Crippen molar-refractivity contribution in [2.24, 2.45) is 0 Å². The predicted octanol–water partition coefficient (Wildman–Crippen LogP) is 2.38. The van der Waals surface area contributed by atoms with Gasteiger partial charge in [0, 0.05) is 17.7 Å². The van der Waals surface area contributed by atoms with Crippen LogP contribution < -0.4 is 21.3 Å². The molecule has 6 rings (SSSR count). The highest BCUT2D eigenvalue weighted by Gasteiger charge is 2.33. The third kappa shape index (κ3) is 5.03. The van der Waals surface area contributed by atoms with Crippen molar-refractivity contribution >= 4 is 27.5 Å². The van der Waals surface area contributed by atoms with Gasteiger partial charge in [0.1, 0.15) is 33.5 Å². The minimum atomic E-state index is -0.964. The number of amides is 1. The fourth-order valence-corrected chi connectivity index (χ4v) is 7.10. The fourth-order valence-electron chi connectivity index (χ4n) is 5.88. The van der Waals surface area contributed by atoms with Crippen LogP contribution in [0.4, 0.5) is 4.39 Å². The number of aliphatic hydroxyl groups is 1. The van der Waals surface area contributed by atoms with Gasteiger partial charge < -0.3 is 19.9 Å². The van der Waals surface area contributed by atoms with Gasteiger partial charge in [-0.25, -0.2) is 13.8 Å². The molecule has 1 aliphatic carbocycles. The van der Waals surface area contributed by atoms with Gasteiger partial charge in [-0.3, -0.25) is 14.2 Å². The van der Waals surface area contributed by atoms with Crippen LogP contribution in [-0.4, -0.2) is 61.0 Å². The van der Waals surface area contributed by atoms with E-state index in [9.17, 15) is 23.9 Å². The minimum Gasteiger partial charge on any atom is -0.496 e. The summed E-state index contributed by atoms with van der Waals surface area (Å²) in [6, 6.07) is 3.15. The molecule has 1 amide bonds. The van der Waals surface area contributed by atoms with Crippen molar-refractivity contribution in [1.29, 1.82) is 0 Å². The Morgan fingerprint density at radius 1 is 1.14 bits per heavy atom. The Balaban J connectivity index is 1.55. The summed E-state index contributed by atoms with van der Waals surface area (Å²) in [4.78, 5) is 42.5. The van der Waals surface area contributed by atoms with Crippen LogP contribution in [0, 0.1) is 12.7 Å². The molecule has 12 nitrogen and oxygen atoms in total. The van der Waals surface area contributed by atoms with E-state index in [-0.39, 0.29) is 24.5 Å². The van der Waals surface area contributed by atoms with E-state index in [1.165, 1.54) is 58.4 Å². The van der Waals surface area contributed by atoms with Crippen LogP contribution >= 0.6 is 11.3 Å².